The number of aromatic carboxylic acids is 1. The first-order chi connectivity index (χ1) is 11.2. The van der Waals surface area contributed by atoms with E-state index in [-0.39, 0.29) is 11.3 Å². The first kappa shape index (κ1) is 17.3. The molecule has 9 heteroatoms. The van der Waals surface area contributed by atoms with Crippen LogP contribution in [0.1, 0.15) is 15.9 Å². The number of hydrogen-bond acceptors (Lipinski definition) is 3. The van der Waals surface area contributed by atoms with Gasteiger partial charge >= 0.3 is 12.1 Å². The van der Waals surface area contributed by atoms with Gasteiger partial charge in [0.25, 0.3) is 5.56 Å². The van der Waals surface area contributed by atoms with E-state index in [2.05, 4.69) is 5.32 Å². The highest BCUT2D eigenvalue weighted by atomic mass is 19.4. The van der Waals surface area contributed by atoms with Crippen molar-refractivity contribution >= 4 is 17.6 Å². The molecule has 2 aromatic rings. The highest BCUT2D eigenvalue weighted by Crippen LogP contribution is 2.29. The lowest BCUT2D eigenvalue weighted by molar-refractivity contribution is -0.137. The largest absolute Gasteiger partial charge is 0.478 e. The van der Waals surface area contributed by atoms with Gasteiger partial charge in [0.1, 0.15) is 6.54 Å². The topological polar surface area (TPSA) is 88.4 Å². The molecule has 1 heterocycles. The van der Waals surface area contributed by atoms with Crippen LogP contribution in [0.5, 0.6) is 0 Å². The van der Waals surface area contributed by atoms with E-state index in [0.29, 0.717) is 0 Å². The molecule has 1 aromatic carbocycles. The number of nitrogens with zero attached hydrogens (tertiary/aromatic N) is 1. The first-order valence-corrected chi connectivity index (χ1v) is 6.58. The third kappa shape index (κ3) is 4.22. The van der Waals surface area contributed by atoms with Crippen molar-refractivity contribution in [3.8, 4) is 0 Å². The number of rotatable bonds is 4. The van der Waals surface area contributed by atoms with Crippen LogP contribution < -0.4 is 10.9 Å². The van der Waals surface area contributed by atoms with Crippen LogP contribution in [-0.2, 0) is 17.5 Å². The zero-order valence-corrected chi connectivity index (χ0v) is 12.0. The third-order valence-electron chi connectivity index (χ3n) is 3.04. The van der Waals surface area contributed by atoms with E-state index >= 15 is 0 Å². The van der Waals surface area contributed by atoms with Gasteiger partial charge in [-0.1, -0.05) is 0 Å². The van der Waals surface area contributed by atoms with Gasteiger partial charge in [-0.15, -0.1) is 0 Å². The Morgan fingerprint density at radius 1 is 1.08 bits per heavy atom. The van der Waals surface area contributed by atoms with Crippen LogP contribution in [-0.4, -0.2) is 21.6 Å². The number of carboxylic acid groups (broad SMARTS) is 1. The summed E-state index contributed by atoms with van der Waals surface area (Å²) in [4.78, 5) is 34.3. The van der Waals surface area contributed by atoms with E-state index < -0.39 is 35.7 Å². The maximum absolute atomic E-state index is 12.4. The fourth-order valence-electron chi connectivity index (χ4n) is 1.88. The number of benzene rings is 1. The minimum absolute atomic E-state index is 0.121. The number of carboxylic acids is 1. The Labute approximate surface area is 133 Å². The predicted octanol–water partition coefficient (Wildman–Crippen LogP) is 2.20. The smallest absolute Gasteiger partial charge is 0.416 e. The summed E-state index contributed by atoms with van der Waals surface area (Å²) < 4.78 is 38.2. The molecule has 0 bridgehead atoms. The van der Waals surface area contributed by atoms with Crippen LogP contribution in [0, 0.1) is 0 Å². The maximum Gasteiger partial charge on any atom is 0.416 e. The molecule has 2 N–H and O–H groups in total. The molecule has 0 fully saturated rings. The van der Waals surface area contributed by atoms with E-state index in [1.165, 1.54) is 0 Å². The second-order valence-electron chi connectivity index (χ2n) is 4.81. The number of nitrogens with one attached hydrogen (secondary N) is 1. The molecule has 1 aromatic heterocycles. The van der Waals surface area contributed by atoms with Gasteiger partial charge in [-0.05, 0) is 30.3 Å². The van der Waals surface area contributed by atoms with Crippen LogP contribution >= 0.6 is 0 Å². The lowest BCUT2D eigenvalue weighted by Crippen LogP contribution is -2.27. The zero-order chi connectivity index (χ0) is 17.9. The summed E-state index contributed by atoms with van der Waals surface area (Å²) in [6.45, 7) is -0.471. The molecule has 0 saturated heterocycles. The van der Waals surface area contributed by atoms with Gasteiger partial charge in [0, 0.05) is 18.0 Å². The van der Waals surface area contributed by atoms with Gasteiger partial charge in [0.15, 0.2) is 0 Å². The number of pyridine rings is 1. The molecule has 0 aliphatic carbocycles. The summed E-state index contributed by atoms with van der Waals surface area (Å²) >= 11 is 0. The number of carbonyl (C=O) groups excluding carboxylic acids is 1. The monoisotopic (exact) mass is 340 g/mol. The number of alkyl halides is 3. The number of amides is 1. The molecule has 1 amide bonds. The van der Waals surface area contributed by atoms with Crippen LogP contribution in [0.2, 0.25) is 0 Å². The van der Waals surface area contributed by atoms with E-state index in [0.717, 1.165) is 47.2 Å². The highest BCUT2D eigenvalue weighted by molar-refractivity contribution is 5.91. The molecule has 2 rings (SSSR count). The average Bonchev–Trinajstić information content (AvgIpc) is 2.48. The molecule has 0 aliphatic rings. The van der Waals surface area contributed by atoms with Crippen molar-refractivity contribution in [2.75, 3.05) is 5.32 Å². The Morgan fingerprint density at radius 2 is 1.71 bits per heavy atom. The molecule has 126 valence electrons. The van der Waals surface area contributed by atoms with Crippen molar-refractivity contribution in [1.29, 1.82) is 0 Å². The molecule has 0 aliphatic heterocycles. The minimum Gasteiger partial charge on any atom is -0.478 e. The molecule has 24 heavy (non-hydrogen) atoms. The first-order valence-electron chi connectivity index (χ1n) is 6.58. The maximum atomic E-state index is 12.4. The quantitative estimate of drug-likeness (QED) is 0.893. The molecule has 0 atom stereocenters. The third-order valence-corrected chi connectivity index (χ3v) is 3.04. The molecular weight excluding hydrogens is 329 g/mol. The minimum atomic E-state index is -4.48. The molecule has 0 saturated carbocycles. The molecule has 0 unspecified atom stereocenters. The van der Waals surface area contributed by atoms with Crippen molar-refractivity contribution in [2.24, 2.45) is 0 Å². The number of carbonyl (C=O) groups is 2. The Bertz CT molecular complexity index is 826. The van der Waals surface area contributed by atoms with Crippen LogP contribution in [0.3, 0.4) is 0 Å². The van der Waals surface area contributed by atoms with Crippen molar-refractivity contribution < 1.29 is 27.9 Å². The van der Waals surface area contributed by atoms with E-state index in [1.807, 2.05) is 0 Å². The summed E-state index contributed by atoms with van der Waals surface area (Å²) in [6.07, 6.45) is -3.47. The Hall–Kier alpha value is -3.10. The fourth-order valence-corrected chi connectivity index (χ4v) is 1.88. The molecule has 6 nitrogen and oxygen atoms in total. The van der Waals surface area contributed by atoms with Crippen LogP contribution in [0.25, 0.3) is 0 Å². The van der Waals surface area contributed by atoms with Crippen LogP contribution in [0.4, 0.5) is 18.9 Å². The van der Waals surface area contributed by atoms with Gasteiger partial charge in [-0.3, -0.25) is 9.59 Å². The number of halogens is 3. The number of aromatic nitrogens is 1. The molecular formula is C15H11F3N2O4. The summed E-state index contributed by atoms with van der Waals surface area (Å²) in [7, 11) is 0. The van der Waals surface area contributed by atoms with Crippen molar-refractivity contribution in [2.45, 2.75) is 12.7 Å². The van der Waals surface area contributed by atoms with Gasteiger partial charge < -0.3 is 15.0 Å². The Morgan fingerprint density at radius 3 is 2.25 bits per heavy atom. The fraction of sp³-hybridized carbons (Fsp3) is 0.133. The SMILES string of the molecule is O=C(Cn1cc(C(=O)O)ccc1=O)Nc1ccc(C(F)(F)F)cc1. The summed E-state index contributed by atoms with van der Waals surface area (Å²) in [6, 6.07) is 5.90. The highest BCUT2D eigenvalue weighted by Gasteiger charge is 2.29. The van der Waals surface area contributed by atoms with Crippen molar-refractivity contribution in [3.05, 3.63) is 64.1 Å². The zero-order valence-electron chi connectivity index (χ0n) is 12.0. The van der Waals surface area contributed by atoms with Gasteiger partial charge in [-0.25, -0.2) is 4.79 Å². The van der Waals surface area contributed by atoms with E-state index in [9.17, 15) is 27.6 Å². The van der Waals surface area contributed by atoms with E-state index in [1.54, 1.807) is 0 Å². The lowest BCUT2D eigenvalue weighted by Gasteiger charge is -2.10. The van der Waals surface area contributed by atoms with Gasteiger partial charge in [-0.2, -0.15) is 13.2 Å². The summed E-state index contributed by atoms with van der Waals surface area (Å²) in [5, 5.41) is 11.2. The van der Waals surface area contributed by atoms with E-state index in [4.69, 9.17) is 5.11 Å². The average molecular weight is 340 g/mol. The second kappa shape index (κ2) is 6.57. The normalized spacial score (nSPS) is 11.1. The lowest BCUT2D eigenvalue weighted by atomic mass is 10.2. The summed E-state index contributed by atoms with van der Waals surface area (Å²) in [5.74, 6) is -1.94. The van der Waals surface area contributed by atoms with Gasteiger partial charge in [0.2, 0.25) is 5.91 Å². The molecule has 0 spiro atoms. The standard InChI is InChI=1S/C15H11F3N2O4/c16-15(17,18)10-2-4-11(5-3-10)19-12(21)8-20-7-9(14(23)24)1-6-13(20)22/h1-7H,8H2,(H,19,21)(H,23,24). The predicted molar refractivity (Wildman–Crippen MR) is 77.7 cm³/mol. The van der Waals surface area contributed by atoms with Crippen molar-refractivity contribution in [1.82, 2.24) is 4.57 Å². The van der Waals surface area contributed by atoms with Crippen LogP contribution in [0.15, 0.2) is 47.4 Å². The molecule has 0 radical (unpaired) electrons. The second-order valence-corrected chi connectivity index (χ2v) is 4.81. The summed E-state index contributed by atoms with van der Waals surface area (Å²) in [5.41, 5.74) is -1.49. The van der Waals surface area contributed by atoms with Gasteiger partial charge in [0.05, 0.1) is 11.1 Å². The van der Waals surface area contributed by atoms with Crippen molar-refractivity contribution in [3.63, 3.8) is 0 Å². The number of hydrogen-bond donors (Lipinski definition) is 2. The Kier molecular flexibility index (Phi) is 4.72. The Balaban J connectivity index is 2.10. The number of anilines is 1.